The summed E-state index contributed by atoms with van der Waals surface area (Å²) < 4.78 is 0. The third-order valence-electron chi connectivity index (χ3n) is 4.62. The zero-order chi connectivity index (χ0) is 17.4. The highest BCUT2D eigenvalue weighted by atomic mass is 32.2. The van der Waals surface area contributed by atoms with Gasteiger partial charge in [-0.2, -0.15) is 0 Å². The first-order valence-electron chi connectivity index (χ1n) is 8.27. The van der Waals surface area contributed by atoms with Crippen LogP contribution in [0.15, 0.2) is 46.5 Å². The van der Waals surface area contributed by atoms with E-state index in [2.05, 4.69) is 22.4 Å². The van der Waals surface area contributed by atoms with Crippen molar-refractivity contribution in [3.05, 3.63) is 42.2 Å². The maximum atomic E-state index is 11.5. The van der Waals surface area contributed by atoms with Crippen LogP contribution in [0.25, 0.3) is 0 Å². The van der Waals surface area contributed by atoms with E-state index in [4.69, 9.17) is 11.1 Å². The molecular weight excluding hydrogens is 334 g/mol. The fourth-order valence-corrected chi connectivity index (χ4v) is 4.32. The number of pyridine rings is 1. The fraction of sp³-hybridized carbons (Fsp3) is 0.278. The number of benzene rings is 1. The van der Waals surface area contributed by atoms with Gasteiger partial charge in [0.25, 0.3) is 0 Å². The molecule has 1 atom stereocenters. The van der Waals surface area contributed by atoms with E-state index in [0.717, 1.165) is 46.1 Å². The Bertz CT molecular complexity index is 853. The van der Waals surface area contributed by atoms with Crippen molar-refractivity contribution in [1.82, 2.24) is 9.88 Å². The first-order valence-corrected chi connectivity index (χ1v) is 9.08. The molecule has 2 aliphatic heterocycles. The van der Waals surface area contributed by atoms with Crippen molar-refractivity contribution in [2.75, 3.05) is 11.9 Å². The van der Waals surface area contributed by atoms with Gasteiger partial charge in [0, 0.05) is 30.3 Å². The molecule has 2 aromatic rings. The van der Waals surface area contributed by atoms with Crippen LogP contribution in [0.2, 0.25) is 0 Å². The number of nitrogens with one attached hydrogen (secondary N) is 2. The van der Waals surface area contributed by atoms with Crippen molar-refractivity contribution in [3.8, 4) is 0 Å². The van der Waals surface area contributed by atoms with Gasteiger partial charge < -0.3 is 16.0 Å². The number of likely N-dealkylation sites (tertiary alicyclic amines) is 1. The predicted octanol–water partition coefficient (Wildman–Crippen LogP) is 2.76. The molecular formula is C18H19N5OS. The number of primary amides is 1. The summed E-state index contributed by atoms with van der Waals surface area (Å²) in [6.45, 7) is 0.728. The number of nitrogens with zero attached hydrogens (tertiary/aromatic N) is 2. The molecule has 0 spiro atoms. The van der Waals surface area contributed by atoms with Gasteiger partial charge >= 0.3 is 0 Å². The third-order valence-corrected chi connectivity index (χ3v) is 5.74. The lowest BCUT2D eigenvalue weighted by Crippen LogP contribution is -2.44. The number of aromatic nitrogens is 1. The van der Waals surface area contributed by atoms with Gasteiger partial charge in [0.05, 0.1) is 16.3 Å². The standard InChI is InChI=1S/C18H19N5OS/c19-17(23-7-1-2-14(23)18(20)24)9-11-3-4-15-13(8-11)22-12-5-6-21-10-16(12)25-15/h3-6,8,10,14,19,22H,1-2,7,9H2,(H2,20,24)/t14-/m0/s1. The zero-order valence-corrected chi connectivity index (χ0v) is 14.5. The van der Waals surface area contributed by atoms with Crippen LogP contribution >= 0.6 is 11.8 Å². The van der Waals surface area contributed by atoms with E-state index in [0.29, 0.717) is 12.3 Å². The van der Waals surface area contributed by atoms with Crippen LogP contribution in [0, 0.1) is 5.41 Å². The highest BCUT2D eigenvalue weighted by molar-refractivity contribution is 7.99. The second-order valence-corrected chi connectivity index (χ2v) is 7.39. The highest BCUT2D eigenvalue weighted by Gasteiger charge is 2.30. The fourth-order valence-electron chi connectivity index (χ4n) is 3.38. The predicted molar refractivity (Wildman–Crippen MR) is 98.4 cm³/mol. The highest BCUT2D eigenvalue weighted by Crippen LogP contribution is 2.43. The monoisotopic (exact) mass is 353 g/mol. The molecule has 1 aromatic heterocycles. The Labute approximate surface area is 150 Å². The number of anilines is 2. The summed E-state index contributed by atoms with van der Waals surface area (Å²) in [7, 11) is 0. The summed E-state index contributed by atoms with van der Waals surface area (Å²) in [5.41, 5.74) is 8.60. The molecule has 4 rings (SSSR count). The van der Waals surface area contributed by atoms with E-state index in [1.807, 2.05) is 23.2 Å². The van der Waals surface area contributed by atoms with E-state index in [1.165, 1.54) is 0 Å². The van der Waals surface area contributed by atoms with Gasteiger partial charge in [-0.1, -0.05) is 17.8 Å². The van der Waals surface area contributed by atoms with Crippen molar-refractivity contribution < 1.29 is 4.79 Å². The number of rotatable bonds is 3. The minimum absolute atomic E-state index is 0.335. The minimum atomic E-state index is -0.337. The van der Waals surface area contributed by atoms with E-state index in [9.17, 15) is 4.79 Å². The van der Waals surface area contributed by atoms with Gasteiger partial charge in [-0.25, -0.2) is 0 Å². The minimum Gasteiger partial charge on any atom is -0.368 e. The summed E-state index contributed by atoms with van der Waals surface area (Å²) in [4.78, 5) is 19.8. The third kappa shape index (κ3) is 3.07. The Morgan fingerprint density at radius 1 is 1.36 bits per heavy atom. The summed E-state index contributed by atoms with van der Waals surface area (Å²) in [6.07, 6.45) is 5.77. The topological polar surface area (TPSA) is 95.1 Å². The van der Waals surface area contributed by atoms with Crippen LogP contribution in [-0.2, 0) is 11.2 Å². The number of fused-ring (bicyclic) bond motifs is 2. The Morgan fingerprint density at radius 3 is 3.08 bits per heavy atom. The van der Waals surface area contributed by atoms with Gasteiger partial charge in [0.1, 0.15) is 11.9 Å². The molecule has 4 N–H and O–H groups in total. The van der Waals surface area contributed by atoms with Gasteiger partial charge in [-0.3, -0.25) is 15.2 Å². The number of nitrogens with two attached hydrogens (primary N) is 1. The number of hydrogen-bond donors (Lipinski definition) is 3. The molecule has 2 aliphatic rings. The smallest absolute Gasteiger partial charge is 0.240 e. The van der Waals surface area contributed by atoms with E-state index in [-0.39, 0.29) is 11.9 Å². The van der Waals surface area contributed by atoms with Crippen molar-refractivity contribution >= 4 is 34.9 Å². The Hall–Kier alpha value is -2.54. The average Bonchev–Trinajstić information content (AvgIpc) is 3.10. The molecule has 0 bridgehead atoms. The Kier molecular flexibility index (Phi) is 4.09. The molecule has 1 amide bonds. The number of amidine groups is 1. The number of amides is 1. The van der Waals surface area contributed by atoms with E-state index >= 15 is 0 Å². The van der Waals surface area contributed by atoms with Gasteiger partial charge in [-0.15, -0.1) is 0 Å². The molecule has 128 valence electrons. The van der Waals surface area contributed by atoms with Crippen LogP contribution in [0.4, 0.5) is 11.4 Å². The Balaban J connectivity index is 1.52. The van der Waals surface area contributed by atoms with Crippen molar-refractivity contribution in [2.45, 2.75) is 35.1 Å². The van der Waals surface area contributed by atoms with Crippen molar-refractivity contribution in [1.29, 1.82) is 5.41 Å². The molecule has 0 radical (unpaired) electrons. The van der Waals surface area contributed by atoms with Crippen LogP contribution < -0.4 is 11.1 Å². The number of hydrogen-bond acceptors (Lipinski definition) is 5. The summed E-state index contributed by atoms with van der Waals surface area (Å²) in [6, 6.07) is 7.81. The second kappa shape index (κ2) is 6.40. The number of carbonyl (C=O) groups excluding carboxylic acids is 1. The molecule has 0 saturated carbocycles. The second-order valence-electron chi connectivity index (χ2n) is 6.31. The first-order chi connectivity index (χ1) is 12.1. The molecule has 1 saturated heterocycles. The summed E-state index contributed by atoms with van der Waals surface area (Å²) >= 11 is 1.69. The lowest BCUT2D eigenvalue weighted by atomic mass is 10.1. The molecule has 1 aromatic carbocycles. The van der Waals surface area contributed by atoms with Gasteiger partial charge in [-0.05, 0) is 36.6 Å². The lowest BCUT2D eigenvalue weighted by Gasteiger charge is -2.25. The maximum Gasteiger partial charge on any atom is 0.240 e. The van der Waals surface area contributed by atoms with Crippen LogP contribution in [0.3, 0.4) is 0 Å². The van der Waals surface area contributed by atoms with Crippen LogP contribution in [0.1, 0.15) is 18.4 Å². The lowest BCUT2D eigenvalue weighted by molar-refractivity contribution is -0.121. The SMILES string of the molecule is N=C(Cc1ccc2c(c1)Nc1ccncc1S2)N1CCC[C@H]1C(N)=O. The number of carbonyl (C=O) groups is 1. The molecule has 0 aliphatic carbocycles. The first kappa shape index (κ1) is 16.0. The van der Waals surface area contributed by atoms with Gasteiger partial charge in [0.15, 0.2) is 0 Å². The van der Waals surface area contributed by atoms with Gasteiger partial charge in [0.2, 0.25) is 5.91 Å². The van der Waals surface area contributed by atoms with Crippen LogP contribution in [-0.4, -0.2) is 34.2 Å². The largest absolute Gasteiger partial charge is 0.368 e. The quantitative estimate of drug-likeness (QED) is 0.497. The zero-order valence-electron chi connectivity index (χ0n) is 13.7. The van der Waals surface area contributed by atoms with E-state index in [1.54, 1.807) is 18.0 Å². The normalized spacial score (nSPS) is 18.2. The average molecular weight is 353 g/mol. The molecule has 0 unspecified atom stereocenters. The molecule has 25 heavy (non-hydrogen) atoms. The molecule has 3 heterocycles. The van der Waals surface area contributed by atoms with Crippen LogP contribution in [0.5, 0.6) is 0 Å². The maximum absolute atomic E-state index is 11.5. The Morgan fingerprint density at radius 2 is 2.24 bits per heavy atom. The molecule has 7 heteroatoms. The van der Waals surface area contributed by atoms with E-state index < -0.39 is 0 Å². The molecule has 1 fully saturated rings. The summed E-state index contributed by atoms with van der Waals surface area (Å²) in [5.74, 6) is 0.116. The summed E-state index contributed by atoms with van der Waals surface area (Å²) in [5, 5.41) is 11.8. The van der Waals surface area contributed by atoms with Crippen molar-refractivity contribution in [3.63, 3.8) is 0 Å². The van der Waals surface area contributed by atoms with Crippen molar-refractivity contribution in [2.24, 2.45) is 5.73 Å². The molecule has 6 nitrogen and oxygen atoms in total.